The number of aromatic nitrogens is 3. The highest BCUT2D eigenvalue weighted by atomic mass is 16.1. The summed E-state index contributed by atoms with van der Waals surface area (Å²) in [5.41, 5.74) is 8.08. The van der Waals surface area contributed by atoms with Crippen molar-refractivity contribution >= 4 is 16.8 Å². The molecule has 154 valence electrons. The number of benzene rings is 2. The number of aromatic amines is 1. The van der Waals surface area contributed by atoms with Crippen LogP contribution in [0.4, 0.5) is 0 Å². The van der Waals surface area contributed by atoms with Crippen molar-refractivity contribution in [3.8, 4) is 11.1 Å². The molecule has 0 aliphatic rings. The molecule has 4 aromatic rings. The second kappa shape index (κ2) is 7.82. The Morgan fingerprint density at radius 2 is 1.87 bits per heavy atom. The number of fused-ring (bicyclic) bond motifs is 1. The highest BCUT2D eigenvalue weighted by Crippen LogP contribution is 2.33. The Hall–Kier alpha value is -3.34. The molecule has 0 fully saturated rings. The molecule has 0 aliphatic heterocycles. The van der Waals surface area contributed by atoms with E-state index in [1.807, 2.05) is 62.0 Å². The Labute approximate surface area is 177 Å². The number of nitrogens with one attached hydrogen (secondary N) is 2. The fraction of sp³-hybridized carbons (Fsp3) is 0.280. The Kier molecular flexibility index (Phi) is 5.20. The minimum absolute atomic E-state index is 0.0177. The van der Waals surface area contributed by atoms with E-state index in [0.717, 1.165) is 39.8 Å². The third-order valence-corrected chi connectivity index (χ3v) is 5.79. The predicted molar refractivity (Wildman–Crippen MR) is 122 cm³/mol. The number of rotatable bonds is 5. The minimum Gasteiger partial charge on any atom is -0.350 e. The van der Waals surface area contributed by atoms with Crippen molar-refractivity contribution in [3.63, 3.8) is 0 Å². The van der Waals surface area contributed by atoms with Gasteiger partial charge in [-0.2, -0.15) is 5.10 Å². The predicted octanol–water partition coefficient (Wildman–Crippen LogP) is 4.85. The first-order valence-corrected chi connectivity index (χ1v) is 10.3. The van der Waals surface area contributed by atoms with E-state index in [4.69, 9.17) is 0 Å². The van der Waals surface area contributed by atoms with E-state index in [2.05, 4.69) is 41.4 Å². The van der Waals surface area contributed by atoms with Crippen LogP contribution in [0.1, 0.15) is 39.9 Å². The van der Waals surface area contributed by atoms with Gasteiger partial charge in [-0.1, -0.05) is 42.0 Å². The summed E-state index contributed by atoms with van der Waals surface area (Å²) >= 11 is 0. The molecule has 5 heteroatoms. The zero-order valence-electron chi connectivity index (χ0n) is 18.2. The monoisotopic (exact) mass is 400 g/mol. The molecule has 0 saturated carbocycles. The number of nitrogens with zero attached hydrogens (tertiary/aromatic N) is 2. The fourth-order valence-electron chi connectivity index (χ4n) is 4.15. The lowest BCUT2D eigenvalue weighted by Gasteiger charge is -2.15. The van der Waals surface area contributed by atoms with Gasteiger partial charge in [0.05, 0.1) is 5.69 Å². The maximum atomic E-state index is 13.3. The summed E-state index contributed by atoms with van der Waals surface area (Å²) in [7, 11) is 1.95. The van der Waals surface area contributed by atoms with E-state index in [9.17, 15) is 4.79 Å². The molecular formula is C25H28N4O. The Morgan fingerprint density at radius 3 is 2.53 bits per heavy atom. The quantitative estimate of drug-likeness (QED) is 0.503. The molecule has 30 heavy (non-hydrogen) atoms. The topological polar surface area (TPSA) is 62.7 Å². The van der Waals surface area contributed by atoms with Gasteiger partial charge in [0, 0.05) is 35.2 Å². The number of aryl methyl sites for hydroxylation is 3. The van der Waals surface area contributed by atoms with Gasteiger partial charge in [-0.15, -0.1) is 0 Å². The van der Waals surface area contributed by atoms with Crippen LogP contribution >= 0.6 is 0 Å². The summed E-state index contributed by atoms with van der Waals surface area (Å²) < 4.78 is 1.90. The van der Waals surface area contributed by atoms with Gasteiger partial charge in [0.15, 0.2) is 0 Å². The first-order valence-electron chi connectivity index (χ1n) is 10.3. The van der Waals surface area contributed by atoms with Crippen molar-refractivity contribution in [2.24, 2.45) is 7.05 Å². The van der Waals surface area contributed by atoms with Crippen molar-refractivity contribution in [3.05, 3.63) is 76.7 Å². The summed E-state index contributed by atoms with van der Waals surface area (Å²) in [6.45, 7) is 8.20. The van der Waals surface area contributed by atoms with Gasteiger partial charge < -0.3 is 10.3 Å². The number of carbonyl (C=O) groups excluding carboxylic acids is 1. The Balaban J connectivity index is 1.68. The highest BCUT2D eigenvalue weighted by molar-refractivity contribution is 6.09. The lowest BCUT2D eigenvalue weighted by Crippen LogP contribution is -2.34. The smallest absolute Gasteiger partial charge is 0.268 e. The number of hydrogen-bond acceptors (Lipinski definition) is 2. The van der Waals surface area contributed by atoms with Crippen LogP contribution in [0.5, 0.6) is 0 Å². The molecule has 0 aliphatic carbocycles. The molecule has 5 nitrogen and oxygen atoms in total. The van der Waals surface area contributed by atoms with Crippen LogP contribution in [-0.2, 0) is 13.5 Å². The van der Waals surface area contributed by atoms with Crippen LogP contribution in [0.3, 0.4) is 0 Å². The third-order valence-electron chi connectivity index (χ3n) is 5.79. The molecule has 1 amide bonds. The van der Waals surface area contributed by atoms with Gasteiger partial charge in [0.1, 0.15) is 5.69 Å². The first kappa shape index (κ1) is 20.0. The minimum atomic E-state index is -0.0885. The summed E-state index contributed by atoms with van der Waals surface area (Å²) in [4.78, 5) is 16.7. The van der Waals surface area contributed by atoms with Crippen molar-refractivity contribution in [2.45, 2.75) is 40.2 Å². The van der Waals surface area contributed by atoms with Crippen LogP contribution < -0.4 is 5.32 Å². The van der Waals surface area contributed by atoms with Gasteiger partial charge in [0.2, 0.25) is 0 Å². The number of H-pyrrole nitrogens is 1. The van der Waals surface area contributed by atoms with Crippen molar-refractivity contribution in [2.75, 3.05) is 0 Å². The standard InChI is InChI=1S/C25H28N4O/c1-15-11-12-22-21(13-15)23(19-9-7-6-8-10-19)24(27-22)25(30)26-16(2)14-20-17(3)28-29(5)18(20)4/h6-13,16,27H,14H2,1-5H3,(H,26,30). The summed E-state index contributed by atoms with van der Waals surface area (Å²) in [6, 6.07) is 16.3. The normalized spacial score (nSPS) is 12.3. The molecule has 2 heterocycles. The van der Waals surface area contributed by atoms with E-state index in [1.54, 1.807) is 0 Å². The SMILES string of the molecule is Cc1ccc2[nH]c(C(=O)NC(C)Cc3c(C)nn(C)c3C)c(-c3ccccc3)c2c1. The average Bonchev–Trinajstić information content (AvgIpc) is 3.21. The molecule has 2 aromatic carbocycles. The number of carbonyl (C=O) groups is 1. The maximum absolute atomic E-state index is 13.3. The lowest BCUT2D eigenvalue weighted by molar-refractivity contribution is 0.0936. The molecule has 1 unspecified atom stereocenters. The van der Waals surface area contributed by atoms with E-state index < -0.39 is 0 Å². The largest absolute Gasteiger partial charge is 0.350 e. The van der Waals surface area contributed by atoms with E-state index >= 15 is 0 Å². The van der Waals surface area contributed by atoms with Crippen LogP contribution in [0.2, 0.25) is 0 Å². The maximum Gasteiger partial charge on any atom is 0.268 e. The van der Waals surface area contributed by atoms with Crippen LogP contribution in [-0.4, -0.2) is 26.7 Å². The van der Waals surface area contributed by atoms with Gasteiger partial charge in [-0.3, -0.25) is 9.48 Å². The second-order valence-electron chi connectivity index (χ2n) is 8.14. The van der Waals surface area contributed by atoms with Gasteiger partial charge in [0.25, 0.3) is 5.91 Å². The molecule has 1 atom stereocenters. The lowest BCUT2D eigenvalue weighted by atomic mass is 10.00. The van der Waals surface area contributed by atoms with Crippen LogP contribution in [0.25, 0.3) is 22.0 Å². The third kappa shape index (κ3) is 3.63. The zero-order chi connectivity index (χ0) is 21.4. The van der Waals surface area contributed by atoms with Gasteiger partial charge >= 0.3 is 0 Å². The summed E-state index contributed by atoms with van der Waals surface area (Å²) in [5, 5.41) is 8.74. The average molecular weight is 401 g/mol. The molecule has 2 aromatic heterocycles. The van der Waals surface area contributed by atoms with Crippen LogP contribution in [0.15, 0.2) is 48.5 Å². The Bertz CT molecular complexity index is 1220. The molecule has 4 rings (SSSR count). The zero-order valence-corrected chi connectivity index (χ0v) is 18.2. The molecule has 0 saturated heterocycles. The molecule has 2 N–H and O–H groups in total. The molecular weight excluding hydrogens is 372 g/mol. The highest BCUT2D eigenvalue weighted by Gasteiger charge is 2.21. The van der Waals surface area contributed by atoms with Gasteiger partial charge in [-0.05, 0) is 57.4 Å². The van der Waals surface area contributed by atoms with Gasteiger partial charge in [-0.25, -0.2) is 0 Å². The number of amides is 1. The van der Waals surface area contributed by atoms with Crippen molar-refractivity contribution < 1.29 is 4.79 Å². The van der Waals surface area contributed by atoms with Crippen molar-refractivity contribution in [1.82, 2.24) is 20.1 Å². The summed E-state index contributed by atoms with van der Waals surface area (Å²) in [5.74, 6) is -0.0885. The molecule has 0 radical (unpaired) electrons. The fourth-order valence-corrected chi connectivity index (χ4v) is 4.15. The van der Waals surface area contributed by atoms with E-state index in [0.29, 0.717) is 5.69 Å². The van der Waals surface area contributed by atoms with Crippen LogP contribution in [0, 0.1) is 20.8 Å². The number of hydrogen-bond donors (Lipinski definition) is 2. The first-order chi connectivity index (χ1) is 14.3. The molecule has 0 bridgehead atoms. The summed E-state index contributed by atoms with van der Waals surface area (Å²) in [6.07, 6.45) is 0.747. The molecule has 0 spiro atoms. The second-order valence-corrected chi connectivity index (χ2v) is 8.14. The van der Waals surface area contributed by atoms with E-state index in [1.165, 1.54) is 11.1 Å². The van der Waals surface area contributed by atoms with Crippen molar-refractivity contribution in [1.29, 1.82) is 0 Å². The Morgan fingerprint density at radius 1 is 1.13 bits per heavy atom. The van der Waals surface area contributed by atoms with E-state index in [-0.39, 0.29) is 11.9 Å².